The monoisotopic (exact) mass is 486 g/mol. The van der Waals surface area contributed by atoms with Crippen molar-refractivity contribution in [3.05, 3.63) is 92.8 Å². The van der Waals surface area contributed by atoms with Crippen LogP contribution in [0.3, 0.4) is 0 Å². The van der Waals surface area contributed by atoms with E-state index in [1.165, 1.54) is 0 Å². The average Bonchev–Trinajstić information content (AvgIpc) is 3.22. The molecule has 0 unspecified atom stereocenters. The third kappa shape index (κ3) is 4.38. The summed E-state index contributed by atoms with van der Waals surface area (Å²) in [6.45, 7) is 0.903. The van der Waals surface area contributed by atoms with Gasteiger partial charge in [0.05, 0.1) is 17.9 Å². The molecule has 0 bridgehead atoms. The van der Waals surface area contributed by atoms with Crippen LogP contribution in [-0.2, 0) is 13.1 Å². The molecule has 0 spiro atoms. The number of hydrogen-bond acceptors (Lipinski definition) is 3. The van der Waals surface area contributed by atoms with Gasteiger partial charge in [0.1, 0.15) is 0 Å². The van der Waals surface area contributed by atoms with Crippen molar-refractivity contribution in [3.63, 3.8) is 0 Å². The van der Waals surface area contributed by atoms with Gasteiger partial charge < -0.3 is 5.73 Å². The SMILES string of the molecule is NCc1cc(-c2ccc(Cl)cc2Cl)c(-c2ccc(Br)cc2)nc1Cn1cccn1. The molecular formula is C22H17BrCl2N4. The van der Waals surface area contributed by atoms with Crippen molar-refractivity contribution in [1.29, 1.82) is 0 Å². The van der Waals surface area contributed by atoms with Gasteiger partial charge in [-0.1, -0.05) is 57.3 Å². The Labute approximate surface area is 187 Å². The third-order valence-corrected chi connectivity index (χ3v) is 5.70. The van der Waals surface area contributed by atoms with Crippen molar-refractivity contribution in [1.82, 2.24) is 14.8 Å². The van der Waals surface area contributed by atoms with Gasteiger partial charge in [-0.2, -0.15) is 5.10 Å². The maximum Gasteiger partial charge on any atom is 0.0834 e. The van der Waals surface area contributed by atoms with Gasteiger partial charge in [0.2, 0.25) is 0 Å². The molecule has 2 aromatic carbocycles. The Hall–Kier alpha value is -2.18. The molecule has 4 rings (SSSR count). The molecule has 0 atom stereocenters. The van der Waals surface area contributed by atoms with E-state index < -0.39 is 0 Å². The molecule has 2 N–H and O–H groups in total. The van der Waals surface area contributed by atoms with E-state index in [4.69, 9.17) is 33.9 Å². The first-order valence-corrected chi connectivity index (χ1v) is 10.5. The minimum atomic E-state index is 0.364. The molecule has 4 nitrogen and oxygen atoms in total. The van der Waals surface area contributed by atoms with Crippen molar-refractivity contribution in [2.45, 2.75) is 13.1 Å². The van der Waals surface area contributed by atoms with Gasteiger partial charge in [-0.25, -0.2) is 4.98 Å². The van der Waals surface area contributed by atoms with E-state index in [1.54, 1.807) is 12.3 Å². The molecule has 7 heteroatoms. The van der Waals surface area contributed by atoms with Crippen LogP contribution < -0.4 is 5.73 Å². The Bertz CT molecular complexity index is 1140. The first-order valence-electron chi connectivity index (χ1n) is 8.97. The van der Waals surface area contributed by atoms with Crippen LogP contribution in [0.15, 0.2) is 71.5 Å². The fourth-order valence-electron chi connectivity index (χ4n) is 3.19. The summed E-state index contributed by atoms with van der Waals surface area (Å²) in [6, 6.07) is 17.5. The molecule has 0 saturated carbocycles. The highest BCUT2D eigenvalue weighted by molar-refractivity contribution is 9.10. The molecule has 0 fully saturated rings. The molecule has 2 aromatic heterocycles. The summed E-state index contributed by atoms with van der Waals surface area (Å²) in [5, 5.41) is 5.46. The first kappa shape index (κ1) is 20.1. The molecular weight excluding hydrogens is 471 g/mol. The molecule has 0 aliphatic carbocycles. The summed E-state index contributed by atoms with van der Waals surface area (Å²) >= 11 is 16.1. The summed E-state index contributed by atoms with van der Waals surface area (Å²) in [7, 11) is 0. The lowest BCUT2D eigenvalue weighted by atomic mass is 9.96. The van der Waals surface area contributed by atoms with Crippen LogP contribution in [-0.4, -0.2) is 14.8 Å². The number of benzene rings is 2. The van der Waals surface area contributed by atoms with Gasteiger partial charge in [0.15, 0.2) is 0 Å². The second-order valence-corrected chi connectivity index (χ2v) is 8.29. The topological polar surface area (TPSA) is 56.7 Å². The smallest absolute Gasteiger partial charge is 0.0834 e. The Kier molecular flexibility index (Phi) is 6.01. The second kappa shape index (κ2) is 8.67. The number of rotatable bonds is 5. The zero-order valence-electron chi connectivity index (χ0n) is 15.3. The lowest BCUT2D eigenvalue weighted by molar-refractivity contribution is 0.666. The minimum Gasteiger partial charge on any atom is -0.326 e. The Balaban J connectivity index is 1.93. The van der Waals surface area contributed by atoms with E-state index in [-0.39, 0.29) is 0 Å². The molecule has 0 aliphatic heterocycles. The van der Waals surface area contributed by atoms with Crippen molar-refractivity contribution in [2.75, 3.05) is 0 Å². The standard InChI is InChI=1S/C22H17BrCl2N4/c23-16-4-2-14(3-5-16)22-19(18-7-6-17(24)11-20(18)25)10-15(12-26)21(28-22)13-29-9-1-8-27-29/h1-11H,12-13,26H2. The Morgan fingerprint density at radius 2 is 1.79 bits per heavy atom. The van der Waals surface area contributed by atoms with Gasteiger partial charge in [-0.05, 0) is 42.0 Å². The van der Waals surface area contributed by atoms with Crippen LogP contribution in [0.4, 0.5) is 0 Å². The number of hydrogen-bond donors (Lipinski definition) is 1. The summed E-state index contributed by atoms with van der Waals surface area (Å²) in [4.78, 5) is 5.01. The summed E-state index contributed by atoms with van der Waals surface area (Å²) in [5.41, 5.74) is 11.5. The Morgan fingerprint density at radius 1 is 1.00 bits per heavy atom. The van der Waals surface area contributed by atoms with Gasteiger partial charge in [-0.3, -0.25) is 4.68 Å². The van der Waals surface area contributed by atoms with Crippen LogP contribution in [0.2, 0.25) is 10.0 Å². The van der Waals surface area contributed by atoms with Crippen LogP contribution in [0.1, 0.15) is 11.3 Å². The van der Waals surface area contributed by atoms with Crippen LogP contribution in [0, 0.1) is 0 Å². The van der Waals surface area contributed by atoms with Crippen LogP contribution in [0.25, 0.3) is 22.4 Å². The third-order valence-electron chi connectivity index (χ3n) is 4.62. The average molecular weight is 488 g/mol. The number of pyridine rings is 1. The molecule has 4 aromatic rings. The predicted molar refractivity (Wildman–Crippen MR) is 122 cm³/mol. The number of halogens is 3. The molecule has 0 aliphatic rings. The largest absolute Gasteiger partial charge is 0.326 e. The highest BCUT2D eigenvalue weighted by Crippen LogP contribution is 2.37. The van der Waals surface area contributed by atoms with Gasteiger partial charge in [0, 0.05) is 50.1 Å². The molecule has 2 heterocycles. The van der Waals surface area contributed by atoms with E-state index in [0.717, 1.165) is 38.1 Å². The van der Waals surface area contributed by atoms with E-state index >= 15 is 0 Å². The van der Waals surface area contributed by atoms with E-state index in [2.05, 4.69) is 27.1 Å². The Morgan fingerprint density at radius 3 is 2.45 bits per heavy atom. The molecule has 0 amide bonds. The number of nitrogens with two attached hydrogens (primary N) is 1. The molecule has 0 saturated heterocycles. The first-order chi connectivity index (χ1) is 14.0. The lowest BCUT2D eigenvalue weighted by Crippen LogP contribution is -2.10. The quantitative estimate of drug-likeness (QED) is 0.365. The van der Waals surface area contributed by atoms with E-state index in [0.29, 0.717) is 23.1 Å². The fourth-order valence-corrected chi connectivity index (χ4v) is 3.97. The van der Waals surface area contributed by atoms with Crippen LogP contribution >= 0.6 is 39.1 Å². The maximum atomic E-state index is 6.53. The molecule has 29 heavy (non-hydrogen) atoms. The van der Waals surface area contributed by atoms with E-state index in [9.17, 15) is 0 Å². The van der Waals surface area contributed by atoms with Crippen molar-refractivity contribution >= 4 is 39.1 Å². The van der Waals surface area contributed by atoms with Gasteiger partial charge in [-0.15, -0.1) is 0 Å². The van der Waals surface area contributed by atoms with Crippen molar-refractivity contribution < 1.29 is 0 Å². The number of nitrogens with zero attached hydrogens (tertiary/aromatic N) is 3. The van der Waals surface area contributed by atoms with Gasteiger partial charge >= 0.3 is 0 Å². The summed E-state index contributed by atoms with van der Waals surface area (Å²) in [6.07, 6.45) is 3.66. The summed E-state index contributed by atoms with van der Waals surface area (Å²) in [5.74, 6) is 0. The second-order valence-electron chi connectivity index (χ2n) is 6.53. The predicted octanol–water partition coefficient (Wildman–Crippen LogP) is 6.19. The summed E-state index contributed by atoms with van der Waals surface area (Å²) < 4.78 is 2.84. The zero-order valence-corrected chi connectivity index (χ0v) is 18.4. The normalized spacial score (nSPS) is 11.0. The fraction of sp³-hybridized carbons (Fsp3) is 0.0909. The van der Waals surface area contributed by atoms with Crippen molar-refractivity contribution in [3.8, 4) is 22.4 Å². The van der Waals surface area contributed by atoms with Gasteiger partial charge in [0.25, 0.3) is 0 Å². The highest BCUT2D eigenvalue weighted by atomic mass is 79.9. The molecule has 146 valence electrons. The highest BCUT2D eigenvalue weighted by Gasteiger charge is 2.17. The maximum absolute atomic E-state index is 6.53. The molecule has 0 radical (unpaired) electrons. The zero-order chi connectivity index (χ0) is 20.4. The number of aromatic nitrogens is 3. The van der Waals surface area contributed by atoms with Crippen LogP contribution in [0.5, 0.6) is 0 Å². The lowest BCUT2D eigenvalue weighted by Gasteiger charge is -2.17. The van der Waals surface area contributed by atoms with E-state index in [1.807, 2.05) is 53.3 Å². The van der Waals surface area contributed by atoms with Crippen molar-refractivity contribution in [2.24, 2.45) is 5.73 Å². The minimum absolute atomic E-state index is 0.364.